The number of carbonyl (C=O) groups is 2. The zero-order valence-electron chi connectivity index (χ0n) is 27.1. The molecule has 2 aromatic rings. The average molecular weight is 621 g/mol. The number of hydrogen-bond acceptors (Lipinski definition) is 7. The Morgan fingerprint density at radius 1 is 0.889 bits per heavy atom. The lowest BCUT2D eigenvalue weighted by molar-refractivity contribution is -0.276. The third-order valence-electron chi connectivity index (χ3n) is 9.63. The van der Waals surface area contributed by atoms with E-state index in [1.54, 1.807) is 0 Å². The number of unbranched alkanes of at least 4 members (excludes halogenated alkanes) is 2. The second-order valence-corrected chi connectivity index (χ2v) is 13.1. The monoisotopic (exact) mass is 620 g/mol. The first kappa shape index (κ1) is 33.5. The van der Waals surface area contributed by atoms with Gasteiger partial charge in [0, 0.05) is 56.2 Å². The largest absolute Gasteiger partial charge is 0.392 e. The number of benzene rings is 2. The number of amides is 2. The number of rotatable bonds is 14. The van der Waals surface area contributed by atoms with Gasteiger partial charge < -0.3 is 30.1 Å². The smallest absolute Gasteiger partial charge is 0.224 e. The maximum Gasteiger partial charge on any atom is 0.224 e. The minimum atomic E-state index is -0.526. The fraction of sp³-hybridized carbons (Fsp3) is 0.611. The molecule has 2 amide bonds. The molecule has 246 valence electrons. The van der Waals surface area contributed by atoms with Gasteiger partial charge in [-0.15, -0.1) is 0 Å². The number of nitrogens with one attached hydrogen (secondary N) is 2. The summed E-state index contributed by atoms with van der Waals surface area (Å²) in [5.41, 5.74) is 3.65. The molecule has 3 aliphatic heterocycles. The number of nitrogens with zero attached hydrogens (tertiary/aromatic N) is 2. The zero-order chi connectivity index (χ0) is 31.6. The molecule has 0 spiro atoms. The zero-order valence-corrected chi connectivity index (χ0v) is 27.1. The number of aliphatic hydroxyl groups excluding tert-OH is 1. The summed E-state index contributed by atoms with van der Waals surface area (Å²) < 4.78 is 13.4. The van der Waals surface area contributed by atoms with Crippen LogP contribution in [-0.4, -0.2) is 78.1 Å². The summed E-state index contributed by atoms with van der Waals surface area (Å²) in [5, 5.41) is 15.4. The summed E-state index contributed by atoms with van der Waals surface area (Å²) in [5.74, 6) is 0.110. The van der Waals surface area contributed by atoms with Crippen molar-refractivity contribution < 1.29 is 24.2 Å². The fourth-order valence-corrected chi connectivity index (χ4v) is 6.96. The van der Waals surface area contributed by atoms with Gasteiger partial charge >= 0.3 is 0 Å². The van der Waals surface area contributed by atoms with Crippen LogP contribution in [0.15, 0.2) is 48.5 Å². The fourth-order valence-electron chi connectivity index (χ4n) is 6.96. The quantitative estimate of drug-likeness (QED) is 0.251. The van der Waals surface area contributed by atoms with Crippen molar-refractivity contribution in [2.45, 2.75) is 96.4 Å². The predicted molar refractivity (Wildman–Crippen MR) is 175 cm³/mol. The van der Waals surface area contributed by atoms with Gasteiger partial charge in [0.15, 0.2) is 6.29 Å². The molecular formula is C36H52N4O5. The number of ether oxygens (including phenoxy) is 2. The highest BCUT2D eigenvalue weighted by Crippen LogP contribution is 2.42. The van der Waals surface area contributed by atoms with Gasteiger partial charge in [-0.25, -0.2) is 0 Å². The van der Waals surface area contributed by atoms with Crippen molar-refractivity contribution in [3.63, 3.8) is 0 Å². The van der Waals surface area contributed by atoms with Gasteiger partial charge in [-0.2, -0.15) is 0 Å². The van der Waals surface area contributed by atoms with Crippen LogP contribution in [0, 0.1) is 5.92 Å². The molecule has 0 bridgehead atoms. The third kappa shape index (κ3) is 9.59. The van der Waals surface area contributed by atoms with Crippen molar-refractivity contribution in [1.29, 1.82) is 0 Å². The van der Waals surface area contributed by atoms with Gasteiger partial charge in [0.05, 0.1) is 18.8 Å². The van der Waals surface area contributed by atoms with Gasteiger partial charge in [-0.05, 0) is 81.4 Å². The summed E-state index contributed by atoms with van der Waals surface area (Å²) in [6.45, 7) is 9.99. The lowest BCUT2D eigenvalue weighted by Gasteiger charge is -2.43. The summed E-state index contributed by atoms with van der Waals surface area (Å²) in [4.78, 5) is 28.8. The molecule has 5 rings (SSSR count). The van der Waals surface area contributed by atoms with E-state index in [2.05, 4.69) is 39.5 Å². The van der Waals surface area contributed by atoms with Crippen molar-refractivity contribution in [3.8, 4) is 0 Å². The summed E-state index contributed by atoms with van der Waals surface area (Å²) in [6.07, 6.45) is 7.41. The van der Waals surface area contributed by atoms with E-state index >= 15 is 0 Å². The normalized spacial score (nSPS) is 25.8. The minimum Gasteiger partial charge on any atom is -0.392 e. The van der Waals surface area contributed by atoms with Crippen LogP contribution in [0.2, 0.25) is 0 Å². The minimum absolute atomic E-state index is 0.00419. The molecule has 3 saturated heterocycles. The van der Waals surface area contributed by atoms with E-state index in [-0.39, 0.29) is 36.5 Å². The van der Waals surface area contributed by atoms with Gasteiger partial charge in [0.25, 0.3) is 0 Å². The maximum absolute atomic E-state index is 12.5. The van der Waals surface area contributed by atoms with Crippen LogP contribution in [0.3, 0.4) is 0 Å². The molecule has 3 aliphatic rings. The predicted octanol–water partition coefficient (Wildman–Crippen LogP) is 5.17. The van der Waals surface area contributed by atoms with Crippen LogP contribution in [0.1, 0.15) is 94.3 Å². The van der Waals surface area contributed by atoms with E-state index in [4.69, 9.17) is 9.47 Å². The molecule has 9 heteroatoms. The Morgan fingerprint density at radius 3 is 2.33 bits per heavy atom. The Balaban J connectivity index is 1.23. The number of hydrogen-bond donors (Lipinski definition) is 3. The molecule has 0 unspecified atom stereocenters. The van der Waals surface area contributed by atoms with Crippen LogP contribution in [0.5, 0.6) is 0 Å². The van der Waals surface area contributed by atoms with Crippen molar-refractivity contribution >= 4 is 17.5 Å². The Morgan fingerprint density at radius 2 is 1.62 bits per heavy atom. The average Bonchev–Trinajstić information content (AvgIpc) is 3.72. The number of likely N-dealkylation sites (tertiary alicyclic amines) is 2. The highest BCUT2D eigenvalue weighted by Gasteiger charge is 2.40. The first-order valence-corrected chi connectivity index (χ1v) is 17.0. The second-order valence-electron chi connectivity index (χ2n) is 13.1. The maximum atomic E-state index is 12.5. The molecule has 0 aliphatic carbocycles. The van der Waals surface area contributed by atoms with Gasteiger partial charge in [0.2, 0.25) is 11.8 Å². The standard InChI is InChI=1S/C36H52N4O5/c1-26-33(24-40-22-8-9-32(40)23-39-20-6-7-21-39)44-36(45-35(26)29-13-11-28(25-41)12-14-29)30-15-17-31(18-16-30)38-34(43)10-4-3-5-19-37-27(2)42/h11-18,26,32-33,35-36,41H,3-10,19-25H2,1-2H3,(H,37,42)(H,38,43)/t26-,32+,33+,35+,36+/m1/s1. The second kappa shape index (κ2) is 16.7. The molecule has 0 radical (unpaired) electrons. The molecule has 3 heterocycles. The topological polar surface area (TPSA) is 103 Å². The van der Waals surface area contributed by atoms with Gasteiger partial charge in [-0.1, -0.05) is 49.7 Å². The summed E-state index contributed by atoms with van der Waals surface area (Å²) >= 11 is 0. The first-order chi connectivity index (χ1) is 21.9. The Kier molecular flexibility index (Phi) is 12.4. The third-order valence-corrected chi connectivity index (χ3v) is 9.63. The van der Waals surface area contributed by atoms with Crippen molar-refractivity contribution in [2.24, 2.45) is 5.92 Å². The van der Waals surface area contributed by atoms with Crippen LogP contribution in [0.25, 0.3) is 0 Å². The molecule has 3 N–H and O–H groups in total. The number of carbonyl (C=O) groups excluding carboxylic acids is 2. The highest BCUT2D eigenvalue weighted by atomic mass is 16.7. The van der Waals surface area contributed by atoms with E-state index < -0.39 is 6.29 Å². The first-order valence-electron chi connectivity index (χ1n) is 17.0. The van der Waals surface area contributed by atoms with Crippen molar-refractivity contribution in [2.75, 3.05) is 44.6 Å². The van der Waals surface area contributed by atoms with Crippen LogP contribution >= 0.6 is 0 Å². The summed E-state index contributed by atoms with van der Waals surface area (Å²) in [6, 6.07) is 16.5. The van der Waals surface area contributed by atoms with E-state index in [1.165, 1.54) is 45.7 Å². The Labute approximate surface area is 268 Å². The van der Waals surface area contributed by atoms with Gasteiger partial charge in [-0.3, -0.25) is 14.5 Å². The summed E-state index contributed by atoms with van der Waals surface area (Å²) in [7, 11) is 0. The van der Waals surface area contributed by atoms with E-state index in [0.717, 1.165) is 61.3 Å². The number of anilines is 1. The van der Waals surface area contributed by atoms with E-state index in [0.29, 0.717) is 19.0 Å². The highest BCUT2D eigenvalue weighted by molar-refractivity contribution is 5.90. The number of aliphatic hydroxyl groups is 1. The Bertz CT molecular complexity index is 1220. The molecule has 2 aromatic carbocycles. The van der Waals surface area contributed by atoms with Crippen molar-refractivity contribution in [3.05, 3.63) is 65.2 Å². The van der Waals surface area contributed by atoms with Crippen molar-refractivity contribution in [1.82, 2.24) is 15.1 Å². The van der Waals surface area contributed by atoms with Crippen LogP contribution < -0.4 is 10.6 Å². The molecule has 0 saturated carbocycles. The molecule has 45 heavy (non-hydrogen) atoms. The van der Waals surface area contributed by atoms with Gasteiger partial charge in [0.1, 0.15) is 0 Å². The van der Waals surface area contributed by atoms with E-state index in [9.17, 15) is 14.7 Å². The van der Waals surface area contributed by atoms with Crippen LogP contribution in [-0.2, 0) is 25.7 Å². The molecular weight excluding hydrogens is 568 g/mol. The lowest BCUT2D eigenvalue weighted by Crippen LogP contribution is -2.48. The SMILES string of the molecule is CC(=O)NCCCCCC(=O)Nc1ccc([C@H]2O[C@@H](CN3CCC[C@H]3CN3CCCC3)[C@@H](C)[C@@H](c3ccc(CO)cc3)O2)cc1. The van der Waals surface area contributed by atoms with E-state index in [1.807, 2.05) is 36.4 Å². The van der Waals surface area contributed by atoms with Crippen LogP contribution in [0.4, 0.5) is 5.69 Å². The molecule has 9 nitrogen and oxygen atoms in total. The molecule has 3 fully saturated rings. The molecule has 5 atom stereocenters. The Hall–Kier alpha value is -2.82. The lowest BCUT2D eigenvalue weighted by atomic mass is 9.90. The molecule has 0 aromatic heterocycles.